The molecule has 0 saturated heterocycles. The molecule has 0 bridgehead atoms. The van der Waals surface area contributed by atoms with Crippen LogP contribution in [0.5, 0.6) is 5.75 Å². The molecule has 0 saturated carbocycles. The van der Waals surface area contributed by atoms with E-state index in [1.807, 2.05) is 42.5 Å². The highest BCUT2D eigenvalue weighted by atomic mass is 19.1. The van der Waals surface area contributed by atoms with Crippen LogP contribution in [-0.2, 0) is 4.79 Å². The first kappa shape index (κ1) is 18.4. The topological polar surface area (TPSA) is 67.4 Å². The summed E-state index contributed by atoms with van der Waals surface area (Å²) < 4.78 is 18.3. The van der Waals surface area contributed by atoms with Crippen LogP contribution in [-0.4, -0.2) is 31.5 Å². The van der Waals surface area contributed by atoms with Crippen LogP contribution < -0.4 is 15.4 Å². The maximum atomic E-state index is 12.8. The third-order valence-corrected chi connectivity index (χ3v) is 3.93. The first-order chi connectivity index (χ1) is 13.1. The molecule has 0 heterocycles. The Morgan fingerprint density at radius 2 is 1.56 bits per heavy atom. The maximum absolute atomic E-state index is 12.8. The Labute approximate surface area is 156 Å². The van der Waals surface area contributed by atoms with E-state index in [2.05, 4.69) is 10.6 Å². The average Bonchev–Trinajstić information content (AvgIpc) is 2.70. The van der Waals surface area contributed by atoms with Crippen molar-refractivity contribution in [2.45, 2.75) is 0 Å². The Morgan fingerprint density at radius 3 is 2.33 bits per heavy atom. The Morgan fingerprint density at radius 1 is 0.852 bits per heavy atom. The zero-order valence-electron chi connectivity index (χ0n) is 14.6. The van der Waals surface area contributed by atoms with Gasteiger partial charge in [-0.2, -0.15) is 0 Å². The molecule has 0 fully saturated rings. The number of fused-ring (bicyclic) bond motifs is 1. The summed E-state index contributed by atoms with van der Waals surface area (Å²) in [6.45, 7) is 0.426. The van der Waals surface area contributed by atoms with Crippen molar-refractivity contribution < 1.29 is 18.7 Å². The summed E-state index contributed by atoms with van der Waals surface area (Å²) in [6, 6.07) is 18.8. The van der Waals surface area contributed by atoms with Gasteiger partial charge in [0.1, 0.15) is 11.6 Å². The van der Waals surface area contributed by atoms with Gasteiger partial charge < -0.3 is 15.4 Å². The molecule has 0 aliphatic rings. The van der Waals surface area contributed by atoms with Gasteiger partial charge in [-0.15, -0.1) is 0 Å². The quantitative estimate of drug-likeness (QED) is 0.632. The molecule has 0 aliphatic carbocycles. The second-order valence-corrected chi connectivity index (χ2v) is 5.91. The summed E-state index contributed by atoms with van der Waals surface area (Å²) in [6.07, 6.45) is 0. The minimum atomic E-state index is -0.398. The van der Waals surface area contributed by atoms with Crippen LogP contribution in [0.15, 0.2) is 66.7 Å². The van der Waals surface area contributed by atoms with Gasteiger partial charge in [0.25, 0.3) is 11.8 Å². The van der Waals surface area contributed by atoms with Crippen LogP contribution >= 0.6 is 0 Å². The Hall–Kier alpha value is -3.41. The van der Waals surface area contributed by atoms with E-state index in [0.29, 0.717) is 11.3 Å². The van der Waals surface area contributed by atoms with E-state index in [-0.39, 0.29) is 31.5 Å². The molecule has 0 aromatic heterocycles. The van der Waals surface area contributed by atoms with E-state index < -0.39 is 5.82 Å². The Bertz CT molecular complexity index is 942. The number of nitrogens with one attached hydrogen (secondary N) is 2. The second kappa shape index (κ2) is 8.80. The number of carbonyl (C=O) groups excluding carboxylic acids is 2. The fraction of sp³-hybridized carbons (Fsp3) is 0.143. The first-order valence-electron chi connectivity index (χ1n) is 8.54. The fourth-order valence-corrected chi connectivity index (χ4v) is 2.54. The largest absolute Gasteiger partial charge is 0.484 e. The van der Waals surface area contributed by atoms with Gasteiger partial charge in [0.2, 0.25) is 0 Å². The number of hydrogen-bond donors (Lipinski definition) is 2. The molecule has 3 rings (SSSR count). The highest BCUT2D eigenvalue weighted by molar-refractivity contribution is 5.94. The van der Waals surface area contributed by atoms with Crippen molar-refractivity contribution in [1.29, 1.82) is 0 Å². The molecule has 0 spiro atoms. The predicted octanol–water partition coefficient (Wildman–Crippen LogP) is 2.90. The van der Waals surface area contributed by atoms with E-state index in [4.69, 9.17) is 4.74 Å². The van der Waals surface area contributed by atoms with Crippen LogP contribution in [0, 0.1) is 5.82 Å². The van der Waals surface area contributed by atoms with Crippen molar-refractivity contribution in [3.8, 4) is 5.75 Å². The molecule has 0 aliphatic heterocycles. The number of halogens is 1. The molecule has 0 radical (unpaired) electrons. The van der Waals surface area contributed by atoms with E-state index in [0.717, 1.165) is 10.8 Å². The molecule has 5 nitrogen and oxygen atoms in total. The van der Waals surface area contributed by atoms with Gasteiger partial charge in [-0.25, -0.2) is 4.39 Å². The minimum absolute atomic E-state index is 0.107. The van der Waals surface area contributed by atoms with E-state index in [1.165, 1.54) is 24.3 Å². The van der Waals surface area contributed by atoms with Gasteiger partial charge in [-0.05, 0) is 47.2 Å². The SMILES string of the molecule is O=C(COc1ccc2ccccc2c1)NCCNC(=O)c1ccc(F)cc1. The van der Waals surface area contributed by atoms with Crippen LogP contribution in [0.25, 0.3) is 10.8 Å². The molecule has 138 valence electrons. The minimum Gasteiger partial charge on any atom is -0.484 e. The first-order valence-corrected chi connectivity index (χ1v) is 8.54. The van der Waals surface area contributed by atoms with Gasteiger partial charge in [-0.3, -0.25) is 9.59 Å². The Balaban J connectivity index is 1.38. The maximum Gasteiger partial charge on any atom is 0.258 e. The highest BCUT2D eigenvalue weighted by Gasteiger charge is 2.06. The van der Waals surface area contributed by atoms with Gasteiger partial charge in [0.05, 0.1) is 0 Å². The third kappa shape index (κ3) is 5.28. The van der Waals surface area contributed by atoms with Crippen molar-refractivity contribution in [1.82, 2.24) is 10.6 Å². The van der Waals surface area contributed by atoms with Crippen molar-refractivity contribution in [2.75, 3.05) is 19.7 Å². The lowest BCUT2D eigenvalue weighted by atomic mass is 10.1. The van der Waals surface area contributed by atoms with Gasteiger partial charge in [0.15, 0.2) is 6.61 Å². The van der Waals surface area contributed by atoms with Crippen molar-refractivity contribution in [3.05, 3.63) is 78.1 Å². The smallest absolute Gasteiger partial charge is 0.258 e. The molecular formula is C21H19FN2O3. The zero-order chi connectivity index (χ0) is 19.1. The molecule has 2 N–H and O–H groups in total. The lowest BCUT2D eigenvalue weighted by Crippen LogP contribution is -2.36. The van der Waals surface area contributed by atoms with Crippen molar-refractivity contribution in [2.24, 2.45) is 0 Å². The van der Waals surface area contributed by atoms with Crippen LogP contribution in [0.3, 0.4) is 0 Å². The number of ether oxygens (including phenoxy) is 1. The molecule has 6 heteroatoms. The van der Waals surface area contributed by atoms with Gasteiger partial charge >= 0.3 is 0 Å². The van der Waals surface area contributed by atoms with Crippen molar-refractivity contribution >= 4 is 22.6 Å². The predicted molar refractivity (Wildman–Crippen MR) is 101 cm³/mol. The fourth-order valence-electron chi connectivity index (χ4n) is 2.54. The summed E-state index contributed by atoms with van der Waals surface area (Å²) in [5.41, 5.74) is 0.363. The molecule has 3 aromatic rings. The Kier molecular flexibility index (Phi) is 5.99. The number of rotatable bonds is 7. The summed E-state index contributed by atoms with van der Waals surface area (Å²) in [5.74, 6) is -0.380. The monoisotopic (exact) mass is 366 g/mol. The molecule has 3 aromatic carbocycles. The van der Waals surface area contributed by atoms with Crippen LogP contribution in [0.2, 0.25) is 0 Å². The average molecular weight is 366 g/mol. The third-order valence-electron chi connectivity index (χ3n) is 3.93. The lowest BCUT2D eigenvalue weighted by Gasteiger charge is -2.09. The normalized spacial score (nSPS) is 10.4. The van der Waals surface area contributed by atoms with Gasteiger partial charge in [-0.1, -0.05) is 30.3 Å². The van der Waals surface area contributed by atoms with E-state index >= 15 is 0 Å². The van der Waals surface area contributed by atoms with E-state index in [1.54, 1.807) is 0 Å². The molecule has 0 unspecified atom stereocenters. The van der Waals surface area contributed by atoms with Crippen LogP contribution in [0.4, 0.5) is 4.39 Å². The second-order valence-electron chi connectivity index (χ2n) is 5.91. The lowest BCUT2D eigenvalue weighted by molar-refractivity contribution is -0.123. The van der Waals surface area contributed by atoms with Crippen molar-refractivity contribution in [3.63, 3.8) is 0 Å². The summed E-state index contributed by atoms with van der Waals surface area (Å²) in [7, 11) is 0. The standard InChI is InChI=1S/C21H19FN2O3/c22-18-8-5-16(6-9-18)21(26)24-12-11-23-20(25)14-27-19-10-7-15-3-1-2-4-17(15)13-19/h1-10,13H,11-12,14H2,(H,23,25)(H,24,26). The summed E-state index contributed by atoms with van der Waals surface area (Å²) in [4.78, 5) is 23.7. The summed E-state index contributed by atoms with van der Waals surface area (Å²) in [5, 5.41) is 7.46. The summed E-state index contributed by atoms with van der Waals surface area (Å²) >= 11 is 0. The molecule has 2 amide bonds. The van der Waals surface area contributed by atoms with Gasteiger partial charge in [0, 0.05) is 18.7 Å². The highest BCUT2D eigenvalue weighted by Crippen LogP contribution is 2.20. The number of hydrogen-bond acceptors (Lipinski definition) is 3. The zero-order valence-corrected chi connectivity index (χ0v) is 14.6. The number of carbonyl (C=O) groups is 2. The van der Waals surface area contributed by atoms with Crippen LogP contribution in [0.1, 0.15) is 10.4 Å². The number of amides is 2. The molecule has 0 atom stereocenters. The molecular weight excluding hydrogens is 347 g/mol. The molecule has 27 heavy (non-hydrogen) atoms. The number of benzene rings is 3. The van der Waals surface area contributed by atoms with E-state index in [9.17, 15) is 14.0 Å².